The molecule has 1 heterocycles. The van der Waals surface area contributed by atoms with Crippen molar-refractivity contribution in [2.45, 2.75) is 12.3 Å². The van der Waals surface area contributed by atoms with E-state index in [1.807, 2.05) is 0 Å². The molecule has 9 heteroatoms. The standard InChI is InChI=1S/C24H17F4N3O2/c1-31-19-9-5-3-7-17(19)20(16-6-2-4-8-18(16)25)29-21(23(31)33)30-22(32)14-10-12-15(13-11-14)24(26,27)28/h2-13,21H,1H3,(H,30,32)/t21-/m1/s1. The fourth-order valence-corrected chi connectivity index (χ4v) is 3.50. The van der Waals surface area contributed by atoms with Gasteiger partial charge in [-0.05, 0) is 42.5 Å². The SMILES string of the molecule is CN1C(=O)[C@@H](NC(=O)c2ccc(C(F)(F)F)cc2)N=C(c2ccccc2F)c2ccccc21. The normalized spacial score (nSPS) is 16.0. The van der Waals surface area contributed by atoms with Crippen molar-refractivity contribution in [1.82, 2.24) is 5.32 Å². The van der Waals surface area contributed by atoms with Gasteiger partial charge in [-0.3, -0.25) is 9.59 Å². The van der Waals surface area contributed by atoms with Crippen molar-refractivity contribution in [3.8, 4) is 0 Å². The van der Waals surface area contributed by atoms with Gasteiger partial charge in [-0.2, -0.15) is 13.2 Å². The van der Waals surface area contributed by atoms with Crippen LogP contribution < -0.4 is 10.2 Å². The van der Waals surface area contributed by atoms with Gasteiger partial charge in [0.1, 0.15) is 5.82 Å². The lowest BCUT2D eigenvalue weighted by molar-refractivity contribution is -0.137. The Bertz CT molecular complexity index is 1250. The zero-order valence-corrected chi connectivity index (χ0v) is 17.2. The molecule has 0 aliphatic carbocycles. The summed E-state index contributed by atoms with van der Waals surface area (Å²) in [7, 11) is 1.50. The molecule has 1 aliphatic rings. The number of hydrogen-bond donors (Lipinski definition) is 1. The van der Waals surface area contributed by atoms with Crippen molar-refractivity contribution < 1.29 is 27.2 Å². The average Bonchev–Trinajstić information content (AvgIpc) is 2.90. The number of halogens is 4. The van der Waals surface area contributed by atoms with Crippen LogP contribution >= 0.6 is 0 Å². The summed E-state index contributed by atoms with van der Waals surface area (Å²) in [5.41, 5.74) is 0.281. The molecule has 1 atom stereocenters. The summed E-state index contributed by atoms with van der Waals surface area (Å²) in [6, 6.07) is 16.3. The number of carbonyl (C=O) groups is 2. The van der Waals surface area contributed by atoms with Crippen LogP contribution in [0.1, 0.15) is 27.0 Å². The molecule has 168 valence electrons. The number of alkyl halides is 3. The van der Waals surface area contributed by atoms with Crippen LogP contribution in [0.3, 0.4) is 0 Å². The van der Waals surface area contributed by atoms with E-state index < -0.39 is 35.5 Å². The molecule has 0 radical (unpaired) electrons. The second-order valence-electron chi connectivity index (χ2n) is 7.32. The van der Waals surface area contributed by atoms with Crippen molar-refractivity contribution in [3.63, 3.8) is 0 Å². The number of nitrogens with one attached hydrogen (secondary N) is 1. The Labute approximate surface area is 186 Å². The van der Waals surface area contributed by atoms with E-state index in [1.165, 1.54) is 30.1 Å². The zero-order chi connectivity index (χ0) is 23.8. The number of amides is 2. The predicted octanol–water partition coefficient (Wildman–Crippen LogP) is 4.41. The predicted molar refractivity (Wildman–Crippen MR) is 115 cm³/mol. The van der Waals surface area contributed by atoms with Gasteiger partial charge in [0.2, 0.25) is 6.17 Å². The van der Waals surface area contributed by atoms with Gasteiger partial charge in [0.05, 0.1) is 17.0 Å². The minimum Gasteiger partial charge on any atom is -0.322 e. The van der Waals surface area contributed by atoms with Crippen molar-refractivity contribution in [2.24, 2.45) is 4.99 Å². The highest BCUT2D eigenvalue weighted by atomic mass is 19.4. The molecule has 0 aromatic heterocycles. The fraction of sp³-hybridized carbons (Fsp3) is 0.125. The number of hydrogen-bond acceptors (Lipinski definition) is 3. The topological polar surface area (TPSA) is 61.8 Å². The zero-order valence-electron chi connectivity index (χ0n) is 17.2. The second kappa shape index (κ2) is 8.50. The number of aliphatic imine (C=N–C) groups is 1. The fourth-order valence-electron chi connectivity index (χ4n) is 3.50. The minimum atomic E-state index is -4.54. The van der Waals surface area contributed by atoms with E-state index >= 15 is 0 Å². The Morgan fingerprint density at radius 1 is 0.939 bits per heavy atom. The van der Waals surface area contributed by atoms with Gasteiger partial charge in [-0.25, -0.2) is 9.38 Å². The monoisotopic (exact) mass is 455 g/mol. The third-order valence-corrected chi connectivity index (χ3v) is 5.21. The number of anilines is 1. The Balaban J connectivity index is 1.73. The quantitative estimate of drug-likeness (QED) is 0.595. The van der Waals surface area contributed by atoms with Gasteiger partial charge >= 0.3 is 6.18 Å². The van der Waals surface area contributed by atoms with Crippen LogP contribution in [0.5, 0.6) is 0 Å². The molecule has 3 aromatic carbocycles. The highest BCUT2D eigenvalue weighted by Gasteiger charge is 2.33. The van der Waals surface area contributed by atoms with Gasteiger partial charge in [0.15, 0.2) is 0 Å². The molecular formula is C24H17F4N3O2. The molecule has 33 heavy (non-hydrogen) atoms. The maximum Gasteiger partial charge on any atom is 0.416 e. The van der Waals surface area contributed by atoms with E-state index in [2.05, 4.69) is 10.3 Å². The molecule has 1 aliphatic heterocycles. The molecule has 5 nitrogen and oxygen atoms in total. The molecule has 0 bridgehead atoms. The van der Waals surface area contributed by atoms with Crippen LogP contribution in [0.25, 0.3) is 0 Å². The summed E-state index contributed by atoms with van der Waals surface area (Å²) in [4.78, 5) is 31.5. The van der Waals surface area contributed by atoms with E-state index in [1.54, 1.807) is 30.3 Å². The molecule has 1 N–H and O–H groups in total. The number of likely N-dealkylation sites (N-methyl/N-ethyl adjacent to an activating group) is 1. The highest BCUT2D eigenvalue weighted by molar-refractivity contribution is 6.20. The summed E-state index contributed by atoms with van der Waals surface area (Å²) in [6.07, 6.45) is -5.97. The number of benzodiazepines with no additional fused rings is 1. The average molecular weight is 455 g/mol. The minimum absolute atomic E-state index is 0.0807. The smallest absolute Gasteiger partial charge is 0.322 e. The molecule has 0 fully saturated rings. The first-order valence-corrected chi connectivity index (χ1v) is 9.84. The maximum atomic E-state index is 14.6. The number of carbonyl (C=O) groups excluding carboxylic acids is 2. The van der Waals surface area contributed by atoms with Crippen LogP contribution in [0.2, 0.25) is 0 Å². The summed E-state index contributed by atoms with van der Waals surface area (Å²) >= 11 is 0. The van der Waals surface area contributed by atoms with Gasteiger partial charge in [0.25, 0.3) is 11.8 Å². The third kappa shape index (κ3) is 4.34. The first-order valence-electron chi connectivity index (χ1n) is 9.84. The van der Waals surface area contributed by atoms with E-state index in [4.69, 9.17) is 0 Å². The Morgan fingerprint density at radius 2 is 1.55 bits per heavy atom. The number of fused-ring (bicyclic) bond motifs is 1. The first-order chi connectivity index (χ1) is 15.7. The van der Waals surface area contributed by atoms with Crippen LogP contribution in [0.4, 0.5) is 23.2 Å². The van der Waals surface area contributed by atoms with Crippen molar-refractivity contribution in [1.29, 1.82) is 0 Å². The van der Waals surface area contributed by atoms with Crippen molar-refractivity contribution in [3.05, 3.63) is 101 Å². The lowest BCUT2D eigenvalue weighted by atomic mass is 10.00. The maximum absolute atomic E-state index is 14.6. The Kier molecular flexibility index (Phi) is 5.71. The molecule has 0 unspecified atom stereocenters. The lowest BCUT2D eigenvalue weighted by Gasteiger charge is -2.21. The summed E-state index contributed by atoms with van der Waals surface area (Å²) < 4.78 is 53.0. The second-order valence-corrected chi connectivity index (χ2v) is 7.32. The lowest BCUT2D eigenvalue weighted by Crippen LogP contribution is -2.46. The number of para-hydroxylation sites is 1. The van der Waals surface area contributed by atoms with Crippen molar-refractivity contribution >= 4 is 23.2 Å². The van der Waals surface area contributed by atoms with E-state index in [-0.39, 0.29) is 16.8 Å². The first kappa shape index (κ1) is 22.2. The number of benzene rings is 3. The van der Waals surface area contributed by atoms with Gasteiger partial charge in [0, 0.05) is 23.7 Å². The number of rotatable bonds is 3. The van der Waals surface area contributed by atoms with Gasteiger partial charge in [-0.1, -0.05) is 30.3 Å². The molecule has 4 rings (SSSR count). The van der Waals surface area contributed by atoms with Gasteiger partial charge < -0.3 is 10.2 Å². The van der Waals surface area contributed by atoms with E-state index in [0.29, 0.717) is 11.3 Å². The van der Waals surface area contributed by atoms with E-state index in [0.717, 1.165) is 24.3 Å². The van der Waals surface area contributed by atoms with Crippen LogP contribution in [-0.2, 0) is 11.0 Å². The van der Waals surface area contributed by atoms with Crippen LogP contribution in [-0.4, -0.2) is 30.7 Å². The summed E-state index contributed by atoms with van der Waals surface area (Å²) in [5.74, 6) is -1.94. The van der Waals surface area contributed by atoms with E-state index in [9.17, 15) is 27.2 Å². The number of nitrogens with zero attached hydrogens (tertiary/aromatic N) is 2. The molecule has 2 amide bonds. The Morgan fingerprint density at radius 3 is 2.18 bits per heavy atom. The Hall–Kier alpha value is -4.01. The van der Waals surface area contributed by atoms with Crippen molar-refractivity contribution in [2.75, 3.05) is 11.9 Å². The summed E-state index contributed by atoms with van der Waals surface area (Å²) in [6.45, 7) is 0. The molecule has 0 spiro atoms. The third-order valence-electron chi connectivity index (χ3n) is 5.21. The van der Waals surface area contributed by atoms with Gasteiger partial charge in [-0.15, -0.1) is 0 Å². The summed E-state index contributed by atoms with van der Waals surface area (Å²) in [5, 5.41) is 2.45. The molecular weight excluding hydrogens is 438 g/mol. The van der Waals surface area contributed by atoms with Crippen LogP contribution in [0.15, 0.2) is 77.8 Å². The van der Waals surface area contributed by atoms with Crippen LogP contribution in [0, 0.1) is 5.82 Å². The molecule has 0 saturated carbocycles. The highest BCUT2D eigenvalue weighted by Crippen LogP contribution is 2.30. The molecule has 3 aromatic rings. The molecule has 0 saturated heterocycles. The largest absolute Gasteiger partial charge is 0.416 e.